The van der Waals surface area contributed by atoms with Crippen LogP contribution >= 0.6 is 34.5 Å². The van der Waals surface area contributed by atoms with Crippen molar-refractivity contribution in [2.45, 2.75) is 18.5 Å². The highest BCUT2D eigenvalue weighted by Crippen LogP contribution is 2.41. The molecule has 23 heavy (non-hydrogen) atoms. The van der Waals surface area contributed by atoms with E-state index in [1.165, 1.54) is 4.88 Å². The maximum atomic E-state index is 6.38. The fraction of sp³-hybridized carbons (Fsp3) is 0.200. The number of nitrogens with one attached hydrogen (secondary N) is 1. The number of benzene rings is 1. The summed E-state index contributed by atoms with van der Waals surface area (Å²) in [5.41, 5.74) is 6.78. The van der Waals surface area contributed by atoms with E-state index in [4.69, 9.17) is 28.9 Å². The lowest BCUT2D eigenvalue weighted by atomic mass is 9.97. The van der Waals surface area contributed by atoms with Gasteiger partial charge in [0, 0.05) is 14.9 Å². The molecule has 1 aliphatic rings. The van der Waals surface area contributed by atoms with Crippen LogP contribution in [0.5, 0.6) is 0 Å². The zero-order chi connectivity index (χ0) is 16.0. The normalized spacial score (nSPS) is 20.1. The molecule has 0 saturated heterocycles. The molecule has 0 radical (unpaired) electrons. The zero-order valence-electron chi connectivity index (χ0n) is 11.9. The highest BCUT2D eigenvalue weighted by molar-refractivity contribution is 7.10. The van der Waals surface area contributed by atoms with Gasteiger partial charge in [0.2, 0.25) is 11.9 Å². The van der Waals surface area contributed by atoms with E-state index >= 15 is 0 Å². The Kier molecular flexibility index (Phi) is 3.67. The van der Waals surface area contributed by atoms with E-state index in [-0.39, 0.29) is 18.0 Å². The lowest BCUT2D eigenvalue weighted by Crippen LogP contribution is -2.27. The highest BCUT2D eigenvalue weighted by Gasteiger charge is 2.32. The van der Waals surface area contributed by atoms with Crippen molar-refractivity contribution in [3.05, 3.63) is 56.2 Å². The van der Waals surface area contributed by atoms with Gasteiger partial charge >= 0.3 is 0 Å². The molecule has 0 saturated carbocycles. The summed E-state index contributed by atoms with van der Waals surface area (Å²) < 4.78 is 1.85. The van der Waals surface area contributed by atoms with Gasteiger partial charge in [-0.2, -0.15) is 4.98 Å². The van der Waals surface area contributed by atoms with Crippen LogP contribution < -0.4 is 11.1 Å². The van der Waals surface area contributed by atoms with Crippen LogP contribution in [0.4, 0.5) is 11.9 Å². The van der Waals surface area contributed by atoms with Crippen LogP contribution in [0.2, 0.25) is 10.0 Å². The standard InChI is InChI=1S/C15H13Cl2N5S/c16-8-3-4-9(10(17)6-8)11-7-12(13-2-1-5-23-13)22-15(19-11)20-14(18)21-22/h1-6,11-12H,7H2,(H3,18,19,20,21)/t11-,12+/m1/s1. The van der Waals surface area contributed by atoms with Crippen molar-refractivity contribution in [2.75, 3.05) is 11.1 Å². The van der Waals surface area contributed by atoms with Gasteiger partial charge in [-0.1, -0.05) is 35.3 Å². The zero-order valence-corrected chi connectivity index (χ0v) is 14.2. The number of anilines is 2. The molecule has 0 aliphatic carbocycles. The summed E-state index contributed by atoms with van der Waals surface area (Å²) in [7, 11) is 0. The van der Waals surface area contributed by atoms with Crippen LogP contribution in [0.3, 0.4) is 0 Å². The second-order valence-corrected chi connectivity index (χ2v) is 7.19. The smallest absolute Gasteiger partial charge is 0.241 e. The van der Waals surface area contributed by atoms with Crippen molar-refractivity contribution in [1.29, 1.82) is 0 Å². The van der Waals surface area contributed by atoms with Crippen LogP contribution in [0, 0.1) is 0 Å². The Morgan fingerprint density at radius 2 is 2.17 bits per heavy atom. The van der Waals surface area contributed by atoms with Gasteiger partial charge in [0.25, 0.3) is 0 Å². The van der Waals surface area contributed by atoms with Crippen molar-refractivity contribution in [3.8, 4) is 0 Å². The fourth-order valence-corrected chi connectivity index (χ4v) is 4.26. The summed E-state index contributed by atoms with van der Waals surface area (Å²) >= 11 is 14.1. The number of fused-ring (bicyclic) bond motifs is 1. The molecule has 0 spiro atoms. The minimum atomic E-state index is 0.0166. The molecule has 2 atom stereocenters. The van der Waals surface area contributed by atoms with Crippen molar-refractivity contribution in [1.82, 2.24) is 14.8 Å². The number of nitrogens with two attached hydrogens (primary N) is 1. The molecule has 2 aromatic heterocycles. The van der Waals surface area contributed by atoms with Crippen molar-refractivity contribution < 1.29 is 0 Å². The first-order valence-corrected chi connectivity index (χ1v) is 8.72. The second-order valence-electron chi connectivity index (χ2n) is 5.37. The Balaban J connectivity index is 1.77. The molecule has 3 aromatic rings. The Morgan fingerprint density at radius 1 is 1.30 bits per heavy atom. The molecule has 0 amide bonds. The molecule has 8 heteroatoms. The molecular weight excluding hydrogens is 353 g/mol. The van der Waals surface area contributed by atoms with Crippen molar-refractivity contribution >= 4 is 46.4 Å². The average molecular weight is 366 g/mol. The number of halogens is 2. The van der Waals surface area contributed by atoms with Crippen LogP contribution in [0.1, 0.15) is 28.9 Å². The van der Waals surface area contributed by atoms with Gasteiger partial charge in [-0.15, -0.1) is 16.4 Å². The maximum Gasteiger partial charge on any atom is 0.241 e. The molecule has 0 fully saturated rings. The molecular formula is C15H13Cl2N5S. The van der Waals surface area contributed by atoms with E-state index in [9.17, 15) is 0 Å². The summed E-state index contributed by atoms with van der Waals surface area (Å²) in [6.07, 6.45) is 0.803. The number of rotatable bonds is 2. The van der Waals surface area contributed by atoms with Gasteiger partial charge in [0.1, 0.15) is 0 Å². The third-order valence-corrected chi connectivity index (χ3v) is 5.45. The molecule has 4 rings (SSSR count). The molecule has 0 bridgehead atoms. The number of hydrogen-bond acceptors (Lipinski definition) is 5. The van der Waals surface area contributed by atoms with Crippen LogP contribution in [0.15, 0.2) is 35.7 Å². The average Bonchev–Trinajstić information content (AvgIpc) is 3.14. The number of hydrogen-bond donors (Lipinski definition) is 2. The number of nitrogens with zero attached hydrogens (tertiary/aromatic N) is 3. The number of aromatic nitrogens is 3. The minimum Gasteiger partial charge on any atom is -0.366 e. The molecule has 3 N–H and O–H groups in total. The number of nitrogen functional groups attached to an aromatic ring is 1. The first kappa shape index (κ1) is 14.8. The summed E-state index contributed by atoms with van der Waals surface area (Å²) in [4.78, 5) is 5.50. The molecule has 1 aromatic carbocycles. The largest absolute Gasteiger partial charge is 0.366 e. The molecule has 5 nitrogen and oxygen atoms in total. The van der Waals surface area contributed by atoms with E-state index in [2.05, 4.69) is 26.8 Å². The third kappa shape index (κ3) is 2.67. The Hall–Kier alpha value is -1.76. The predicted molar refractivity (Wildman–Crippen MR) is 94.3 cm³/mol. The molecule has 0 unspecified atom stereocenters. The Bertz CT molecular complexity index is 846. The van der Waals surface area contributed by atoms with Gasteiger partial charge in [0.05, 0.1) is 12.1 Å². The van der Waals surface area contributed by atoms with Crippen LogP contribution in [-0.4, -0.2) is 14.8 Å². The SMILES string of the molecule is Nc1nc2n(n1)[C@H](c1cccs1)C[C@H](c1ccc(Cl)cc1Cl)N2. The predicted octanol–water partition coefficient (Wildman–Crippen LogP) is 4.37. The number of thiophene rings is 1. The van der Waals surface area contributed by atoms with Crippen molar-refractivity contribution in [2.24, 2.45) is 0 Å². The lowest BCUT2D eigenvalue weighted by Gasteiger charge is -2.31. The van der Waals surface area contributed by atoms with Gasteiger partial charge in [-0.3, -0.25) is 0 Å². The summed E-state index contributed by atoms with van der Waals surface area (Å²) in [5.74, 6) is 0.917. The van der Waals surface area contributed by atoms with E-state index in [1.807, 2.05) is 22.9 Å². The Morgan fingerprint density at radius 3 is 2.91 bits per heavy atom. The molecule has 1 aliphatic heterocycles. The highest BCUT2D eigenvalue weighted by atomic mass is 35.5. The maximum absolute atomic E-state index is 6.38. The Labute approximate surface area is 147 Å². The third-order valence-electron chi connectivity index (χ3n) is 3.91. The van der Waals surface area contributed by atoms with Gasteiger partial charge in [-0.05, 0) is 35.6 Å². The van der Waals surface area contributed by atoms with E-state index in [0.29, 0.717) is 16.0 Å². The topological polar surface area (TPSA) is 68.8 Å². The minimum absolute atomic E-state index is 0.0166. The summed E-state index contributed by atoms with van der Waals surface area (Å²) in [6.45, 7) is 0. The van der Waals surface area contributed by atoms with Gasteiger partial charge < -0.3 is 11.1 Å². The lowest BCUT2D eigenvalue weighted by molar-refractivity contribution is 0.437. The van der Waals surface area contributed by atoms with E-state index in [0.717, 1.165) is 12.0 Å². The molecule has 3 heterocycles. The van der Waals surface area contributed by atoms with E-state index in [1.54, 1.807) is 17.4 Å². The van der Waals surface area contributed by atoms with E-state index < -0.39 is 0 Å². The quantitative estimate of drug-likeness (QED) is 0.707. The summed E-state index contributed by atoms with van der Waals surface area (Å²) in [6, 6.07) is 9.78. The summed E-state index contributed by atoms with van der Waals surface area (Å²) in [5, 5.41) is 11.0. The van der Waals surface area contributed by atoms with Gasteiger partial charge in [0.15, 0.2) is 0 Å². The first-order valence-electron chi connectivity index (χ1n) is 7.08. The van der Waals surface area contributed by atoms with Gasteiger partial charge in [-0.25, -0.2) is 4.68 Å². The fourth-order valence-electron chi connectivity index (χ4n) is 2.90. The first-order chi connectivity index (χ1) is 11.1. The van der Waals surface area contributed by atoms with Crippen molar-refractivity contribution in [3.63, 3.8) is 0 Å². The second kappa shape index (κ2) is 5.70. The van der Waals surface area contributed by atoms with Crippen LogP contribution in [0.25, 0.3) is 0 Å². The monoisotopic (exact) mass is 365 g/mol. The van der Waals surface area contributed by atoms with Crippen LogP contribution in [-0.2, 0) is 0 Å². The molecule has 118 valence electrons.